The van der Waals surface area contributed by atoms with E-state index in [1.807, 2.05) is 0 Å². The summed E-state index contributed by atoms with van der Waals surface area (Å²) in [5, 5.41) is 0.289. The molecule has 0 spiro atoms. The molecule has 1 aromatic rings. The van der Waals surface area contributed by atoms with E-state index in [4.69, 9.17) is 22.1 Å². The Morgan fingerprint density at radius 1 is 1.58 bits per heavy atom. The summed E-state index contributed by atoms with van der Waals surface area (Å²) in [5.41, 5.74) is 6.26. The van der Waals surface area contributed by atoms with Crippen molar-refractivity contribution in [1.29, 1.82) is 0 Å². The topological polar surface area (TPSA) is 55.6 Å². The van der Waals surface area contributed by atoms with E-state index in [2.05, 4.69) is 0 Å². The highest BCUT2D eigenvalue weighted by molar-refractivity contribution is 6.31. The van der Waals surface area contributed by atoms with E-state index in [0.717, 1.165) is 0 Å². The molecule has 1 aliphatic heterocycles. The van der Waals surface area contributed by atoms with E-state index in [0.29, 0.717) is 18.7 Å². The fourth-order valence-corrected chi connectivity index (χ4v) is 2.71. The number of rotatable bonds is 4. The van der Waals surface area contributed by atoms with Crippen molar-refractivity contribution < 1.29 is 13.9 Å². The van der Waals surface area contributed by atoms with Crippen molar-refractivity contribution in [3.05, 3.63) is 34.6 Å². The number of nitrogens with two attached hydrogens (primary N) is 1. The maximum atomic E-state index is 14.0. The van der Waals surface area contributed by atoms with Gasteiger partial charge in [-0.2, -0.15) is 0 Å². The van der Waals surface area contributed by atoms with Crippen LogP contribution in [0.5, 0.6) is 0 Å². The normalized spacial score (nSPS) is 23.2. The molecule has 4 nitrogen and oxygen atoms in total. The van der Waals surface area contributed by atoms with E-state index in [-0.39, 0.29) is 17.4 Å². The molecule has 2 rings (SSSR count). The second-order valence-electron chi connectivity index (χ2n) is 4.53. The van der Waals surface area contributed by atoms with Gasteiger partial charge < -0.3 is 15.4 Å². The van der Waals surface area contributed by atoms with Crippen LogP contribution in [0.25, 0.3) is 0 Å². The average molecular weight is 287 g/mol. The number of hydrogen-bond donors (Lipinski definition) is 1. The zero-order valence-electron chi connectivity index (χ0n) is 10.6. The average Bonchev–Trinajstić information content (AvgIpc) is 2.62. The van der Waals surface area contributed by atoms with Crippen LogP contribution in [-0.2, 0) is 9.53 Å². The van der Waals surface area contributed by atoms with Crippen molar-refractivity contribution in [1.82, 2.24) is 4.90 Å². The van der Waals surface area contributed by atoms with Crippen LogP contribution in [0.4, 0.5) is 4.39 Å². The number of methoxy groups -OCH3 is 1. The molecule has 0 radical (unpaired) electrons. The number of amides is 1. The molecule has 1 amide bonds. The third-order valence-electron chi connectivity index (χ3n) is 3.30. The lowest BCUT2D eigenvalue weighted by Gasteiger charge is -2.28. The Bertz CT molecular complexity index is 463. The van der Waals surface area contributed by atoms with Gasteiger partial charge in [0.1, 0.15) is 5.82 Å². The summed E-state index contributed by atoms with van der Waals surface area (Å²) in [6.07, 6.45) is 0.193. The lowest BCUT2D eigenvalue weighted by atomic mass is 10.00. The summed E-state index contributed by atoms with van der Waals surface area (Å²) in [6.45, 7) is 0.749. The van der Waals surface area contributed by atoms with Gasteiger partial charge >= 0.3 is 0 Å². The molecule has 19 heavy (non-hydrogen) atoms. The zero-order valence-corrected chi connectivity index (χ0v) is 11.4. The third kappa shape index (κ3) is 2.73. The first-order valence-corrected chi connectivity index (χ1v) is 6.42. The maximum absolute atomic E-state index is 14.0. The Morgan fingerprint density at radius 3 is 2.95 bits per heavy atom. The van der Waals surface area contributed by atoms with Crippen molar-refractivity contribution in [2.45, 2.75) is 18.5 Å². The molecule has 0 saturated carbocycles. The van der Waals surface area contributed by atoms with Crippen LogP contribution in [0.2, 0.25) is 5.02 Å². The Balaban J connectivity index is 2.36. The minimum absolute atomic E-state index is 0.103. The highest BCUT2D eigenvalue weighted by atomic mass is 35.5. The summed E-state index contributed by atoms with van der Waals surface area (Å²) >= 11 is 6.06. The molecule has 0 bridgehead atoms. The number of benzene rings is 1. The second-order valence-corrected chi connectivity index (χ2v) is 4.94. The Hall–Kier alpha value is -1.17. The van der Waals surface area contributed by atoms with Gasteiger partial charge in [0, 0.05) is 36.7 Å². The fourth-order valence-electron chi connectivity index (χ4n) is 2.43. The lowest BCUT2D eigenvalue weighted by molar-refractivity contribution is -0.129. The molecule has 0 aliphatic carbocycles. The highest BCUT2D eigenvalue weighted by Gasteiger charge is 2.40. The first-order valence-electron chi connectivity index (χ1n) is 6.04. The summed E-state index contributed by atoms with van der Waals surface area (Å²) in [6, 6.07) is 3.47. The zero-order chi connectivity index (χ0) is 14.0. The molecule has 1 aromatic carbocycles. The summed E-state index contributed by atoms with van der Waals surface area (Å²) in [5.74, 6) is -0.543. The Labute approximate surface area is 116 Å². The molecule has 0 aromatic heterocycles. The molecule has 2 atom stereocenters. The van der Waals surface area contributed by atoms with Crippen molar-refractivity contribution in [2.75, 3.05) is 20.3 Å². The van der Waals surface area contributed by atoms with Crippen LogP contribution in [0, 0.1) is 5.82 Å². The van der Waals surface area contributed by atoms with Gasteiger partial charge in [-0.15, -0.1) is 0 Å². The van der Waals surface area contributed by atoms with E-state index in [9.17, 15) is 9.18 Å². The first kappa shape index (κ1) is 14.2. The fraction of sp³-hybridized carbons (Fsp3) is 0.462. The van der Waals surface area contributed by atoms with Gasteiger partial charge in [0.2, 0.25) is 5.91 Å². The SMILES string of the molecule is COCCN1C(=O)CC(N)C1c1c(F)cccc1Cl. The molecule has 2 unspecified atom stereocenters. The van der Waals surface area contributed by atoms with Gasteiger partial charge in [0.05, 0.1) is 12.6 Å². The highest BCUT2D eigenvalue weighted by Crippen LogP contribution is 2.37. The molecule has 104 valence electrons. The quantitative estimate of drug-likeness (QED) is 0.917. The number of nitrogens with zero attached hydrogens (tertiary/aromatic N) is 1. The molecule has 1 saturated heterocycles. The van der Waals surface area contributed by atoms with Gasteiger partial charge in [-0.05, 0) is 12.1 Å². The van der Waals surface area contributed by atoms with E-state index >= 15 is 0 Å². The van der Waals surface area contributed by atoms with E-state index in [1.165, 1.54) is 12.1 Å². The van der Waals surface area contributed by atoms with Crippen molar-refractivity contribution in [2.24, 2.45) is 5.73 Å². The van der Waals surface area contributed by atoms with Crippen molar-refractivity contribution in [3.63, 3.8) is 0 Å². The second kappa shape index (κ2) is 5.86. The van der Waals surface area contributed by atoms with Gasteiger partial charge in [-0.25, -0.2) is 4.39 Å². The molecule has 1 fully saturated rings. The maximum Gasteiger partial charge on any atom is 0.224 e. The molecule has 1 heterocycles. The van der Waals surface area contributed by atoms with Gasteiger partial charge in [-0.3, -0.25) is 4.79 Å². The number of carbonyl (C=O) groups is 1. The van der Waals surface area contributed by atoms with Crippen LogP contribution >= 0.6 is 11.6 Å². The Morgan fingerprint density at radius 2 is 2.32 bits per heavy atom. The summed E-state index contributed by atoms with van der Waals surface area (Å²) in [4.78, 5) is 13.5. The van der Waals surface area contributed by atoms with E-state index < -0.39 is 17.9 Å². The summed E-state index contributed by atoms with van der Waals surface area (Å²) < 4.78 is 19.0. The number of halogens is 2. The van der Waals surface area contributed by atoms with Gasteiger partial charge in [0.25, 0.3) is 0 Å². The van der Waals surface area contributed by atoms with Crippen molar-refractivity contribution in [3.8, 4) is 0 Å². The van der Waals surface area contributed by atoms with E-state index in [1.54, 1.807) is 18.1 Å². The van der Waals surface area contributed by atoms with Gasteiger partial charge in [-0.1, -0.05) is 17.7 Å². The molecular formula is C13H16ClFN2O2. The molecular weight excluding hydrogens is 271 g/mol. The number of ether oxygens (including phenoxy) is 1. The molecule has 2 N–H and O–H groups in total. The number of carbonyl (C=O) groups excluding carboxylic acids is 1. The summed E-state index contributed by atoms with van der Waals surface area (Å²) in [7, 11) is 1.55. The standard InChI is InChI=1S/C13H16ClFN2O2/c1-19-6-5-17-11(18)7-10(16)13(17)12-8(14)3-2-4-9(12)15/h2-4,10,13H,5-7,16H2,1H3. The van der Waals surface area contributed by atoms with Crippen molar-refractivity contribution >= 4 is 17.5 Å². The third-order valence-corrected chi connectivity index (χ3v) is 3.63. The number of likely N-dealkylation sites (tertiary alicyclic amines) is 1. The largest absolute Gasteiger partial charge is 0.383 e. The minimum atomic E-state index is -0.531. The van der Waals surface area contributed by atoms with Crippen LogP contribution < -0.4 is 5.73 Å². The smallest absolute Gasteiger partial charge is 0.224 e. The minimum Gasteiger partial charge on any atom is -0.383 e. The monoisotopic (exact) mass is 286 g/mol. The van der Waals surface area contributed by atoms with Crippen LogP contribution in [0.15, 0.2) is 18.2 Å². The predicted octanol–water partition coefficient (Wildman–Crippen LogP) is 1.73. The molecule has 1 aliphatic rings. The number of hydrogen-bond acceptors (Lipinski definition) is 3. The molecule has 6 heteroatoms. The Kier molecular flexibility index (Phi) is 4.39. The van der Waals surface area contributed by atoms with Crippen LogP contribution in [0.1, 0.15) is 18.0 Å². The van der Waals surface area contributed by atoms with Crippen LogP contribution in [0.3, 0.4) is 0 Å². The van der Waals surface area contributed by atoms with Gasteiger partial charge in [0.15, 0.2) is 0 Å². The first-order chi connectivity index (χ1) is 9.06. The predicted molar refractivity (Wildman–Crippen MR) is 70.3 cm³/mol. The van der Waals surface area contributed by atoms with Crippen LogP contribution in [-0.4, -0.2) is 37.1 Å². The lowest BCUT2D eigenvalue weighted by Crippen LogP contribution is -2.36.